The summed E-state index contributed by atoms with van der Waals surface area (Å²) in [5.74, 6) is 0.950. The SMILES string of the molecule is CCOc1cc(/C=c2\sc3n(c2=O)[C@@H](c2ccc(F)cc2)C2=C(N=3)c3ccccc3CC2)ccc1OCc1cccc2ccccc12. The van der Waals surface area contributed by atoms with Crippen molar-refractivity contribution < 1.29 is 13.9 Å². The van der Waals surface area contributed by atoms with E-state index in [-0.39, 0.29) is 17.4 Å². The maximum atomic E-state index is 14.2. The van der Waals surface area contributed by atoms with Crippen LogP contribution in [0.1, 0.15) is 47.2 Å². The molecule has 5 aromatic carbocycles. The quantitative estimate of drug-likeness (QED) is 0.181. The zero-order valence-electron chi connectivity index (χ0n) is 25.8. The number of ether oxygens (including phenoxy) is 2. The molecule has 7 heteroatoms. The van der Waals surface area contributed by atoms with E-state index in [1.807, 2.05) is 55.5 Å². The van der Waals surface area contributed by atoms with Crippen molar-refractivity contribution in [3.05, 3.63) is 168 Å². The average molecular weight is 639 g/mol. The first-order valence-corrected chi connectivity index (χ1v) is 16.6. The van der Waals surface area contributed by atoms with Gasteiger partial charge in [-0.15, -0.1) is 0 Å². The van der Waals surface area contributed by atoms with E-state index < -0.39 is 0 Å². The summed E-state index contributed by atoms with van der Waals surface area (Å²) < 4.78 is 28.6. The number of hydrogen-bond donors (Lipinski definition) is 0. The Hall–Kier alpha value is -5.27. The van der Waals surface area contributed by atoms with Crippen LogP contribution < -0.4 is 24.4 Å². The van der Waals surface area contributed by atoms with Crippen molar-refractivity contribution in [2.75, 3.05) is 6.61 Å². The van der Waals surface area contributed by atoms with E-state index in [0.29, 0.717) is 34.0 Å². The Morgan fingerprint density at radius 1 is 0.894 bits per heavy atom. The standard InChI is InChI=1S/C40H31FN2O3S/c1-2-45-35-22-25(14-21-34(35)46-24-29-11-7-10-26-8-3-5-12-31(26)29)23-36-39(44)43-38(28-15-18-30(41)19-16-28)33-20-17-27-9-4-6-13-32(27)37(33)42-40(43)47-36/h3-16,18-19,21-23,38H,2,17,20,24H2,1H3/b36-23-/t38-/m0/s1. The lowest BCUT2D eigenvalue weighted by Gasteiger charge is -2.30. The van der Waals surface area contributed by atoms with Gasteiger partial charge in [0.1, 0.15) is 12.4 Å². The van der Waals surface area contributed by atoms with Crippen molar-refractivity contribution in [2.45, 2.75) is 32.4 Å². The second-order valence-corrected chi connectivity index (χ2v) is 12.7. The Kier molecular flexibility index (Phi) is 7.54. The first-order chi connectivity index (χ1) is 23.1. The fourth-order valence-electron chi connectivity index (χ4n) is 6.69. The number of allylic oxidation sites excluding steroid dienone is 1. The largest absolute Gasteiger partial charge is 0.490 e. The van der Waals surface area contributed by atoms with E-state index in [0.717, 1.165) is 51.8 Å². The van der Waals surface area contributed by atoms with Gasteiger partial charge in [0.25, 0.3) is 5.56 Å². The molecule has 1 aromatic heterocycles. The minimum atomic E-state index is -0.360. The number of hydrogen-bond acceptors (Lipinski definition) is 5. The highest BCUT2D eigenvalue weighted by molar-refractivity contribution is 7.07. The summed E-state index contributed by atoms with van der Waals surface area (Å²) in [5, 5.41) is 2.33. The molecule has 0 amide bonds. The molecule has 2 aliphatic rings. The number of benzene rings is 5. The molecule has 0 spiro atoms. The molecular formula is C40H31FN2O3S. The van der Waals surface area contributed by atoms with E-state index in [4.69, 9.17) is 14.5 Å². The minimum Gasteiger partial charge on any atom is -0.490 e. The van der Waals surface area contributed by atoms with Crippen molar-refractivity contribution in [2.24, 2.45) is 4.99 Å². The number of halogens is 1. The maximum Gasteiger partial charge on any atom is 0.271 e. The van der Waals surface area contributed by atoms with E-state index in [1.54, 1.807) is 16.7 Å². The van der Waals surface area contributed by atoms with Crippen LogP contribution in [-0.2, 0) is 13.0 Å². The number of fused-ring (bicyclic) bond motifs is 4. The van der Waals surface area contributed by atoms with Crippen molar-refractivity contribution in [3.63, 3.8) is 0 Å². The van der Waals surface area contributed by atoms with Crippen LogP contribution in [0.15, 0.2) is 125 Å². The molecule has 1 aliphatic carbocycles. The molecule has 0 bridgehead atoms. The van der Waals surface area contributed by atoms with Gasteiger partial charge in [-0.3, -0.25) is 9.36 Å². The monoisotopic (exact) mass is 638 g/mol. The third-order valence-electron chi connectivity index (χ3n) is 8.89. The Balaban J connectivity index is 1.19. The van der Waals surface area contributed by atoms with Crippen LogP contribution in [0.2, 0.25) is 0 Å². The molecule has 1 atom stereocenters. The smallest absolute Gasteiger partial charge is 0.271 e. The Morgan fingerprint density at radius 2 is 1.70 bits per heavy atom. The molecular weight excluding hydrogens is 608 g/mol. The second-order valence-electron chi connectivity index (χ2n) is 11.7. The van der Waals surface area contributed by atoms with Crippen molar-refractivity contribution in [3.8, 4) is 11.5 Å². The third kappa shape index (κ3) is 5.36. The molecule has 8 rings (SSSR count). The summed E-state index contributed by atoms with van der Waals surface area (Å²) in [6, 6.07) is 34.7. The van der Waals surface area contributed by atoms with Gasteiger partial charge in [0.05, 0.1) is 22.9 Å². The maximum absolute atomic E-state index is 14.2. The molecule has 0 saturated heterocycles. The molecule has 1 aliphatic heterocycles. The molecule has 232 valence electrons. The summed E-state index contributed by atoms with van der Waals surface area (Å²) in [6.07, 6.45) is 3.53. The van der Waals surface area contributed by atoms with Gasteiger partial charge in [0, 0.05) is 5.56 Å². The Labute approximate surface area is 275 Å². The van der Waals surface area contributed by atoms with Crippen LogP contribution >= 0.6 is 11.3 Å². The van der Waals surface area contributed by atoms with Crippen molar-refractivity contribution in [1.29, 1.82) is 0 Å². The van der Waals surface area contributed by atoms with Crippen LogP contribution in [-0.4, -0.2) is 11.2 Å². The molecule has 2 heterocycles. The van der Waals surface area contributed by atoms with Gasteiger partial charge in [0.2, 0.25) is 0 Å². The van der Waals surface area contributed by atoms with Gasteiger partial charge in [-0.25, -0.2) is 9.38 Å². The highest BCUT2D eigenvalue weighted by atomic mass is 32.1. The number of aromatic nitrogens is 1. The van der Waals surface area contributed by atoms with Gasteiger partial charge < -0.3 is 9.47 Å². The van der Waals surface area contributed by atoms with Gasteiger partial charge in [-0.1, -0.05) is 96.3 Å². The van der Waals surface area contributed by atoms with Crippen LogP contribution in [0.3, 0.4) is 0 Å². The summed E-state index contributed by atoms with van der Waals surface area (Å²) in [6.45, 7) is 2.81. The van der Waals surface area contributed by atoms with Crippen molar-refractivity contribution >= 4 is 33.9 Å². The van der Waals surface area contributed by atoms with Gasteiger partial charge >= 0.3 is 0 Å². The van der Waals surface area contributed by atoms with Gasteiger partial charge in [-0.2, -0.15) is 0 Å². The third-order valence-corrected chi connectivity index (χ3v) is 9.87. The van der Waals surface area contributed by atoms with Gasteiger partial charge in [0.15, 0.2) is 16.3 Å². The predicted octanol–water partition coefficient (Wildman–Crippen LogP) is 7.59. The first kappa shape index (κ1) is 29.2. The van der Waals surface area contributed by atoms with Crippen LogP contribution in [0.5, 0.6) is 11.5 Å². The Bertz CT molecular complexity index is 2370. The van der Waals surface area contributed by atoms with Crippen molar-refractivity contribution in [1.82, 2.24) is 4.57 Å². The highest BCUT2D eigenvalue weighted by Gasteiger charge is 2.32. The summed E-state index contributed by atoms with van der Waals surface area (Å²) in [4.78, 5) is 19.9. The van der Waals surface area contributed by atoms with E-state index in [1.165, 1.54) is 34.4 Å². The lowest BCUT2D eigenvalue weighted by molar-refractivity contribution is 0.270. The zero-order chi connectivity index (χ0) is 31.9. The lowest BCUT2D eigenvalue weighted by atomic mass is 9.83. The molecule has 47 heavy (non-hydrogen) atoms. The summed E-state index contributed by atoms with van der Waals surface area (Å²) in [5.41, 5.74) is 7.01. The van der Waals surface area contributed by atoms with Crippen LogP contribution in [0, 0.1) is 5.82 Å². The molecule has 0 fully saturated rings. The Morgan fingerprint density at radius 3 is 2.57 bits per heavy atom. The number of thiazole rings is 1. The summed E-state index contributed by atoms with van der Waals surface area (Å²) >= 11 is 1.37. The van der Waals surface area contributed by atoms with E-state index in [9.17, 15) is 9.18 Å². The molecule has 0 N–H and O–H groups in total. The molecule has 0 radical (unpaired) electrons. The number of aryl methyl sites for hydroxylation is 1. The molecule has 0 unspecified atom stereocenters. The van der Waals surface area contributed by atoms with E-state index >= 15 is 0 Å². The second kappa shape index (κ2) is 12.2. The minimum absolute atomic E-state index is 0.122. The topological polar surface area (TPSA) is 52.8 Å². The number of nitrogens with zero attached hydrogens (tertiary/aromatic N) is 2. The van der Waals surface area contributed by atoms with Gasteiger partial charge in [-0.05, 0) is 88.7 Å². The fourth-order valence-corrected chi connectivity index (χ4v) is 7.70. The van der Waals surface area contributed by atoms with E-state index in [2.05, 4.69) is 42.5 Å². The zero-order valence-corrected chi connectivity index (χ0v) is 26.6. The fraction of sp³-hybridized carbons (Fsp3) is 0.150. The normalized spacial score (nSPS) is 15.5. The predicted molar refractivity (Wildman–Crippen MR) is 185 cm³/mol. The molecule has 6 aromatic rings. The number of rotatable bonds is 7. The summed E-state index contributed by atoms with van der Waals surface area (Å²) in [7, 11) is 0. The lowest BCUT2D eigenvalue weighted by Crippen LogP contribution is -2.38. The highest BCUT2D eigenvalue weighted by Crippen LogP contribution is 2.41. The molecule has 0 saturated carbocycles. The molecule has 5 nitrogen and oxygen atoms in total. The average Bonchev–Trinajstić information content (AvgIpc) is 3.41. The van der Waals surface area contributed by atoms with Crippen LogP contribution in [0.25, 0.3) is 22.5 Å². The first-order valence-electron chi connectivity index (χ1n) is 15.8. The van der Waals surface area contributed by atoms with Crippen LogP contribution in [0.4, 0.5) is 4.39 Å².